The third-order valence-electron chi connectivity index (χ3n) is 2.18. The average molecular weight is 235 g/mol. The van der Waals surface area contributed by atoms with Crippen LogP contribution in [-0.4, -0.2) is 19.8 Å². The second-order valence-electron chi connectivity index (χ2n) is 3.39. The fraction of sp³-hybridized carbons (Fsp3) is 0.182. The summed E-state index contributed by atoms with van der Waals surface area (Å²) in [6, 6.07) is 10.2. The van der Waals surface area contributed by atoms with Crippen LogP contribution in [-0.2, 0) is 7.05 Å². The van der Waals surface area contributed by atoms with Crippen molar-refractivity contribution in [3.63, 3.8) is 0 Å². The van der Waals surface area contributed by atoms with Crippen LogP contribution in [0.4, 0.5) is 0 Å². The molecule has 6 nitrogen and oxygen atoms in total. The van der Waals surface area contributed by atoms with Crippen molar-refractivity contribution in [2.75, 3.05) is 0 Å². The summed E-state index contributed by atoms with van der Waals surface area (Å²) < 4.78 is 2.03. The summed E-state index contributed by atoms with van der Waals surface area (Å²) in [6.45, 7) is 2.01. The highest BCUT2D eigenvalue weighted by Crippen LogP contribution is 2.16. The topological polar surface area (TPSA) is 81.2 Å². The Morgan fingerprint density at radius 2 is 1.88 bits per heavy atom. The van der Waals surface area contributed by atoms with E-state index in [1.165, 1.54) is 5.56 Å². The van der Waals surface area contributed by atoms with Crippen LogP contribution in [0, 0.1) is 17.0 Å². The molecule has 2 rings (SSSR count). The van der Waals surface area contributed by atoms with Crippen molar-refractivity contribution >= 4 is 0 Å². The summed E-state index contributed by atoms with van der Waals surface area (Å²) in [5.74, 6) is 1.04. The third-order valence-corrected chi connectivity index (χ3v) is 2.18. The Bertz CT molecular complexity index is 470. The Morgan fingerprint density at radius 1 is 1.35 bits per heavy atom. The molecule has 2 aromatic rings. The van der Waals surface area contributed by atoms with Gasteiger partial charge in [0.1, 0.15) is 5.82 Å². The minimum absolute atomic E-state index is 1.04. The quantitative estimate of drug-likeness (QED) is 0.605. The zero-order chi connectivity index (χ0) is 12.8. The monoisotopic (exact) mass is 235 g/mol. The van der Waals surface area contributed by atoms with Gasteiger partial charge in [-0.15, -0.1) is 10.1 Å². The van der Waals surface area contributed by atoms with Gasteiger partial charge in [-0.2, -0.15) is 0 Å². The van der Waals surface area contributed by atoms with Crippen molar-refractivity contribution in [2.45, 2.75) is 6.92 Å². The fourth-order valence-corrected chi connectivity index (χ4v) is 1.31. The Hall–Kier alpha value is -2.37. The molecule has 0 bridgehead atoms. The van der Waals surface area contributed by atoms with E-state index < -0.39 is 5.09 Å². The first-order valence-corrected chi connectivity index (χ1v) is 4.89. The van der Waals surface area contributed by atoms with Gasteiger partial charge in [0, 0.05) is 18.8 Å². The largest absolute Gasteiger partial charge is 0.338 e. The number of rotatable bonds is 1. The SMILES string of the molecule is Cc1nc(-c2ccccc2)cn1C.O=[N+]([O-])O. The molecule has 0 amide bonds. The van der Waals surface area contributed by atoms with Gasteiger partial charge in [-0.05, 0) is 6.92 Å². The molecule has 90 valence electrons. The number of aryl methyl sites for hydroxylation is 2. The van der Waals surface area contributed by atoms with E-state index in [4.69, 9.17) is 15.3 Å². The summed E-state index contributed by atoms with van der Waals surface area (Å²) in [5.41, 5.74) is 2.21. The highest BCUT2D eigenvalue weighted by atomic mass is 16.9. The molecular formula is C11H13N3O3. The Morgan fingerprint density at radius 3 is 2.29 bits per heavy atom. The van der Waals surface area contributed by atoms with Gasteiger partial charge in [-0.1, -0.05) is 30.3 Å². The maximum Gasteiger partial charge on any atom is 0.291 e. The lowest BCUT2D eigenvalue weighted by Gasteiger charge is -1.92. The zero-order valence-electron chi connectivity index (χ0n) is 9.57. The molecule has 0 radical (unpaired) electrons. The molecule has 0 fully saturated rings. The number of aromatic nitrogens is 2. The standard InChI is InChI=1S/C11H12N2.HNO3/c1-9-12-11(8-13(9)2)10-6-4-3-5-7-10;2-1(3)4/h3-8H,1-2H3;(H,2,3,4). The van der Waals surface area contributed by atoms with Gasteiger partial charge < -0.3 is 9.77 Å². The van der Waals surface area contributed by atoms with Crippen LogP contribution in [0.25, 0.3) is 11.3 Å². The number of imidazole rings is 1. The minimum atomic E-state index is -1.50. The smallest absolute Gasteiger partial charge is 0.291 e. The van der Waals surface area contributed by atoms with Crippen molar-refractivity contribution in [2.24, 2.45) is 7.05 Å². The van der Waals surface area contributed by atoms with Crippen molar-refractivity contribution in [3.8, 4) is 11.3 Å². The maximum atomic E-state index is 8.36. The molecule has 0 atom stereocenters. The summed E-state index contributed by atoms with van der Waals surface area (Å²) >= 11 is 0. The molecule has 1 N–H and O–H groups in total. The van der Waals surface area contributed by atoms with Gasteiger partial charge in [0.2, 0.25) is 0 Å². The maximum absolute atomic E-state index is 8.36. The second kappa shape index (κ2) is 5.64. The number of hydrogen-bond donors (Lipinski definition) is 1. The molecule has 0 saturated carbocycles. The van der Waals surface area contributed by atoms with Crippen LogP contribution in [0.3, 0.4) is 0 Å². The van der Waals surface area contributed by atoms with Crippen LogP contribution in [0.5, 0.6) is 0 Å². The molecule has 0 aliphatic carbocycles. The van der Waals surface area contributed by atoms with Crippen LogP contribution < -0.4 is 0 Å². The Labute approximate surface area is 98.3 Å². The lowest BCUT2D eigenvalue weighted by atomic mass is 10.2. The molecular weight excluding hydrogens is 222 g/mol. The van der Waals surface area contributed by atoms with Crippen LogP contribution >= 0.6 is 0 Å². The van der Waals surface area contributed by atoms with E-state index in [0.717, 1.165) is 11.5 Å². The fourth-order valence-electron chi connectivity index (χ4n) is 1.31. The van der Waals surface area contributed by atoms with E-state index >= 15 is 0 Å². The number of hydrogen-bond acceptors (Lipinski definition) is 3. The molecule has 1 heterocycles. The number of nitrogens with zero attached hydrogens (tertiary/aromatic N) is 3. The summed E-state index contributed by atoms with van der Waals surface area (Å²) in [7, 11) is 2.01. The van der Waals surface area contributed by atoms with Gasteiger partial charge in [0.05, 0.1) is 5.69 Å². The first kappa shape index (κ1) is 12.7. The van der Waals surface area contributed by atoms with E-state index in [2.05, 4.69) is 17.1 Å². The second-order valence-corrected chi connectivity index (χ2v) is 3.39. The highest BCUT2D eigenvalue weighted by Gasteiger charge is 2.01. The summed E-state index contributed by atoms with van der Waals surface area (Å²) in [4.78, 5) is 12.8. The highest BCUT2D eigenvalue weighted by molar-refractivity contribution is 5.58. The molecule has 1 aromatic heterocycles. The van der Waals surface area contributed by atoms with E-state index in [0.29, 0.717) is 0 Å². The molecule has 1 aromatic carbocycles. The van der Waals surface area contributed by atoms with Crippen LogP contribution in [0.1, 0.15) is 5.82 Å². The molecule has 0 unspecified atom stereocenters. The Kier molecular flexibility index (Phi) is 4.21. The molecule has 0 spiro atoms. The van der Waals surface area contributed by atoms with Gasteiger partial charge in [-0.25, -0.2) is 4.98 Å². The lowest BCUT2D eigenvalue weighted by Crippen LogP contribution is -1.86. The first-order valence-electron chi connectivity index (χ1n) is 4.89. The van der Waals surface area contributed by atoms with Crippen LogP contribution in [0.15, 0.2) is 36.5 Å². The summed E-state index contributed by atoms with van der Waals surface area (Å²) in [6.07, 6.45) is 2.05. The van der Waals surface area contributed by atoms with Crippen molar-refractivity contribution < 1.29 is 10.3 Å². The predicted molar refractivity (Wildman–Crippen MR) is 62.2 cm³/mol. The molecule has 0 aliphatic rings. The normalized spacial score (nSPS) is 9.29. The van der Waals surface area contributed by atoms with Crippen molar-refractivity contribution in [1.82, 2.24) is 9.55 Å². The predicted octanol–water partition coefficient (Wildman–Crippen LogP) is 2.05. The van der Waals surface area contributed by atoms with Gasteiger partial charge in [0.25, 0.3) is 5.09 Å². The molecule has 0 aliphatic heterocycles. The molecule has 0 saturated heterocycles. The Balaban J connectivity index is 0.000000317. The van der Waals surface area contributed by atoms with Crippen molar-refractivity contribution in [3.05, 3.63) is 52.5 Å². The van der Waals surface area contributed by atoms with Crippen LogP contribution in [0.2, 0.25) is 0 Å². The molecule has 6 heteroatoms. The van der Waals surface area contributed by atoms with Gasteiger partial charge in [0.15, 0.2) is 0 Å². The minimum Gasteiger partial charge on any atom is -0.338 e. The zero-order valence-corrected chi connectivity index (χ0v) is 9.57. The van der Waals surface area contributed by atoms with E-state index in [1.54, 1.807) is 0 Å². The van der Waals surface area contributed by atoms with Gasteiger partial charge in [-0.3, -0.25) is 0 Å². The van der Waals surface area contributed by atoms with E-state index in [-0.39, 0.29) is 0 Å². The lowest BCUT2D eigenvalue weighted by molar-refractivity contribution is -0.742. The van der Waals surface area contributed by atoms with Crippen molar-refractivity contribution in [1.29, 1.82) is 0 Å². The molecule has 17 heavy (non-hydrogen) atoms. The number of benzene rings is 1. The first-order chi connectivity index (χ1) is 8.00. The van der Waals surface area contributed by atoms with Gasteiger partial charge >= 0.3 is 0 Å². The van der Waals surface area contributed by atoms with E-state index in [9.17, 15) is 0 Å². The summed E-state index contributed by atoms with van der Waals surface area (Å²) in [5, 5.41) is 13.6. The average Bonchev–Trinajstić information content (AvgIpc) is 2.60. The van der Waals surface area contributed by atoms with E-state index in [1.807, 2.05) is 42.9 Å². The third kappa shape index (κ3) is 3.94.